The second-order valence-electron chi connectivity index (χ2n) is 3.66. The lowest BCUT2D eigenvalue weighted by molar-refractivity contribution is 0.960. The Bertz CT molecular complexity index is 648. The number of thiophene rings is 1. The van der Waals surface area contributed by atoms with Gasteiger partial charge in [0.25, 0.3) is 0 Å². The Morgan fingerprint density at radius 3 is 2.94 bits per heavy atom. The smallest absolute Gasteiger partial charge is 0.138 e. The van der Waals surface area contributed by atoms with Gasteiger partial charge in [0.1, 0.15) is 16.5 Å². The lowest BCUT2D eigenvalue weighted by Crippen LogP contribution is -2.01. The van der Waals surface area contributed by atoms with Crippen LogP contribution in [-0.4, -0.2) is 15.0 Å². The first-order chi connectivity index (χ1) is 8.33. The van der Waals surface area contributed by atoms with Crippen LogP contribution in [0.2, 0.25) is 0 Å². The van der Waals surface area contributed by atoms with Gasteiger partial charge in [-0.25, -0.2) is 9.97 Å². The maximum Gasteiger partial charge on any atom is 0.138 e. The van der Waals surface area contributed by atoms with E-state index in [0.29, 0.717) is 12.2 Å². The molecule has 3 rings (SSSR count). The van der Waals surface area contributed by atoms with Crippen LogP contribution in [0.3, 0.4) is 0 Å². The quantitative estimate of drug-likeness (QED) is 0.748. The molecule has 0 saturated carbocycles. The van der Waals surface area contributed by atoms with E-state index in [2.05, 4.69) is 15.0 Å². The SMILES string of the molecule is Nc1nc(Cc2ccccn2)nc2sccc12. The highest BCUT2D eigenvalue weighted by Gasteiger charge is 2.07. The van der Waals surface area contributed by atoms with Crippen molar-refractivity contribution in [1.29, 1.82) is 0 Å². The highest BCUT2D eigenvalue weighted by atomic mass is 32.1. The molecule has 3 aromatic heterocycles. The summed E-state index contributed by atoms with van der Waals surface area (Å²) in [7, 11) is 0. The average molecular weight is 242 g/mol. The molecule has 0 aliphatic rings. The summed E-state index contributed by atoms with van der Waals surface area (Å²) < 4.78 is 0. The molecule has 84 valence electrons. The predicted octanol–water partition coefficient (Wildman–Crippen LogP) is 2.26. The van der Waals surface area contributed by atoms with E-state index in [4.69, 9.17) is 5.73 Å². The Morgan fingerprint density at radius 1 is 1.18 bits per heavy atom. The standard InChI is InChI=1S/C12H10N4S/c13-11-9-4-6-17-12(9)16-10(15-11)7-8-3-1-2-5-14-8/h1-6H,7H2,(H2,13,15,16). The highest BCUT2D eigenvalue weighted by Crippen LogP contribution is 2.23. The fourth-order valence-corrected chi connectivity index (χ4v) is 2.46. The minimum atomic E-state index is 0.544. The second-order valence-corrected chi connectivity index (χ2v) is 4.56. The van der Waals surface area contributed by atoms with Crippen LogP contribution >= 0.6 is 11.3 Å². The van der Waals surface area contributed by atoms with Crippen molar-refractivity contribution in [2.75, 3.05) is 5.73 Å². The van der Waals surface area contributed by atoms with Crippen molar-refractivity contribution in [2.24, 2.45) is 0 Å². The zero-order valence-electron chi connectivity index (χ0n) is 9.00. The molecule has 3 aromatic rings. The molecular weight excluding hydrogens is 232 g/mol. The van der Waals surface area contributed by atoms with Gasteiger partial charge in [-0.1, -0.05) is 6.07 Å². The van der Waals surface area contributed by atoms with Crippen LogP contribution in [0.15, 0.2) is 35.8 Å². The predicted molar refractivity (Wildman–Crippen MR) is 68.9 cm³/mol. The highest BCUT2D eigenvalue weighted by molar-refractivity contribution is 7.16. The van der Waals surface area contributed by atoms with Crippen molar-refractivity contribution in [3.8, 4) is 0 Å². The van der Waals surface area contributed by atoms with Gasteiger partial charge in [-0.3, -0.25) is 4.98 Å². The molecule has 0 aliphatic carbocycles. The molecule has 0 bridgehead atoms. The van der Waals surface area contributed by atoms with E-state index in [1.54, 1.807) is 17.5 Å². The van der Waals surface area contributed by atoms with E-state index in [0.717, 1.165) is 21.7 Å². The van der Waals surface area contributed by atoms with E-state index in [1.165, 1.54) is 0 Å². The first-order valence-corrected chi connectivity index (χ1v) is 6.10. The molecule has 0 amide bonds. The van der Waals surface area contributed by atoms with Crippen molar-refractivity contribution < 1.29 is 0 Å². The van der Waals surface area contributed by atoms with Gasteiger partial charge in [0, 0.05) is 11.9 Å². The fourth-order valence-electron chi connectivity index (χ4n) is 1.67. The van der Waals surface area contributed by atoms with Gasteiger partial charge >= 0.3 is 0 Å². The van der Waals surface area contributed by atoms with Crippen LogP contribution in [0.1, 0.15) is 11.5 Å². The van der Waals surface area contributed by atoms with Gasteiger partial charge in [-0.15, -0.1) is 11.3 Å². The van der Waals surface area contributed by atoms with E-state index in [9.17, 15) is 0 Å². The topological polar surface area (TPSA) is 64.7 Å². The van der Waals surface area contributed by atoms with Gasteiger partial charge in [0.2, 0.25) is 0 Å². The minimum Gasteiger partial charge on any atom is -0.383 e. The minimum absolute atomic E-state index is 0.544. The number of pyridine rings is 1. The monoisotopic (exact) mass is 242 g/mol. The average Bonchev–Trinajstić information content (AvgIpc) is 2.79. The van der Waals surface area contributed by atoms with Crippen LogP contribution in [0.5, 0.6) is 0 Å². The summed E-state index contributed by atoms with van der Waals surface area (Å²) in [5.74, 6) is 1.26. The third-order valence-electron chi connectivity index (χ3n) is 2.47. The summed E-state index contributed by atoms with van der Waals surface area (Å²) in [4.78, 5) is 14.0. The molecule has 2 N–H and O–H groups in total. The van der Waals surface area contributed by atoms with Crippen molar-refractivity contribution in [3.05, 3.63) is 47.4 Å². The molecule has 0 aromatic carbocycles. The Balaban J connectivity index is 2.01. The molecule has 0 aliphatic heterocycles. The molecule has 0 spiro atoms. The number of nitrogen functional groups attached to an aromatic ring is 1. The Kier molecular flexibility index (Phi) is 2.45. The molecule has 0 radical (unpaired) electrons. The number of anilines is 1. The van der Waals surface area contributed by atoms with Crippen LogP contribution in [0.4, 0.5) is 5.82 Å². The van der Waals surface area contributed by atoms with E-state index >= 15 is 0 Å². The number of nitrogens with two attached hydrogens (primary N) is 1. The third kappa shape index (κ3) is 1.97. The molecule has 17 heavy (non-hydrogen) atoms. The maximum absolute atomic E-state index is 5.89. The van der Waals surface area contributed by atoms with E-state index in [1.807, 2.05) is 29.6 Å². The van der Waals surface area contributed by atoms with Gasteiger partial charge in [-0.05, 0) is 23.6 Å². The maximum atomic E-state index is 5.89. The number of aromatic nitrogens is 3. The number of nitrogens with zero attached hydrogens (tertiary/aromatic N) is 3. The number of rotatable bonds is 2. The first kappa shape index (κ1) is 10.2. The number of hydrogen-bond acceptors (Lipinski definition) is 5. The van der Waals surface area contributed by atoms with E-state index in [-0.39, 0.29) is 0 Å². The van der Waals surface area contributed by atoms with Crippen molar-refractivity contribution >= 4 is 27.4 Å². The zero-order valence-corrected chi connectivity index (χ0v) is 9.81. The summed E-state index contributed by atoms with van der Waals surface area (Å²) in [6.07, 6.45) is 2.38. The largest absolute Gasteiger partial charge is 0.383 e. The number of fused-ring (bicyclic) bond motifs is 1. The normalized spacial score (nSPS) is 10.8. The fraction of sp³-hybridized carbons (Fsp3) is 0.0833. The van der Waals surface area contributed by atoms with Gasteiger partial charge in [-0.2, -0.15) is 0 Å². The molecule has 4 nitrogen and oxygen atoms in total. The van der Waals surface area contributed by atoms with Crippen LogP contribution in [-0.2, 0) is 6.42 Å². The zero-order chi connectivity index (χ0) is 11.7. The molecule has 0 unspecified atom stereocenters. The molecule has 3 heterocycles. The lowest BCUT2D eigenvalue weighted by Gasteiger charge is -2.01. The van der Waals surface area contributed by atoms with Crippen LogP contribution in [0.25, 0.3) is 10.2 Å². The van der Waals surface area contributed by atoms with Crippen LogP contribution in [0, 0.1) is 0 Å². The molecule has 5 heteroatoms. The van der Waals surface area contributed by atoms with Crippen molar-refractivity contribution in [3.63, 3.8) is 0 Å². The summed E-state index contributed by atoms with van der Waals surface area (Å²) in [5.41, 5.74) is 6.84. The molecule has 0 atom stereocenters. The summed E-state index contributed by atoms with van der Waals surface area (Å²) >= 11 is 1.57. The molecule has 0 saturated heterocycles. The van der Waals surface area contributed by atoms with Crippen molar-refractivity contribution in [2.45, 2.75) is 6.42 Å². The van der Waals surface area contributed by atoms with Gasteiger partial charge in [0.05, 0.1) is 11.8 Å². The lowest BCUT2D eigenvalue weighted by atomic mass is 10.2. The van der Waals surface area contributed by atoms with Crippen molar-refractivity contribution in [1.82, 2.24) is 15.0 Å². The Hall–Kier alpha value is -2.01. The number of hydrogen-bond donors (Lipinski definition) is 1. The molecular formula is C12H10N4S. The summed E-state index contributed by atoms with van der Waals surface area (Å²) in [5, 5.41) is 2.90. The summed E-state index contributed by atoms with van der Waals surface area (Å²) in [6, 6.07) is 7.74. The van der Waals surface area contributed by atoms with Gasteiger partial charge in [0.15, 0.2) is 0 Å². The first-order valence-electron chi connectivity index (χ1n) is 5.22. The molecule has 0 fully saturated rings. The summed E-state index contributed by atoms with van der Waals surface area (Å²) in [6.45, 7) is 0. The van der Waals surface area contributed by atoms with E-state index < -0.39 is 0 Å². The Labute approximate surface area is 102 Å². The third-order valence-corrected chi connectivity index (χ3v) is 3.27. The Morgan fingerprint density at radius 2 is 2.12 bits per heavy atom. The van der Waals surface area contributed by atoms with Gasteiger partial charge < -0.3 is 5.73 Å². The second kappa shape index (κ2) is 4.10. The van der Waals surface area contributed by atoms with Crippen LogP contribution < -0.4 is 5.73 Å².